The van der Waals surface area contributed by atoms with Crippen molar-refractivity contribution in [3.05, 3.63) is 12.3 Å². The van der Waals surface area contributed by atoms with Crippen LogP contribution in [-0.2, 0) is 4.79 Å². The molecule has 2 atom stereocenters. The summed E-state index contributed by atoms with van der Waals surface area (Å²) in [6.45, 7) is 6.08. The largest absolute Gasteiger partial charge is 0.481 e. The average molecular weight is 319 g/mol. The number of amides is 1. The summed E-state index contributed by atoms with van der Waals surface area (Å²) in [7, 11) is 1.60. The molecule has 0 aromatic carbocycles. The number of rotatable bonds is 3. The molecule has 7 nitrogen and oxygen atoms in total. The molecule has 3 rings (SSSR count). The number of aromatic nitrogens is 2. The number of nitrogens with zero attached hydrogens (tertiary/aromatic N) is 4. The molecule has 2 aliphatic heterocycles. The van der Waals surface area contributed by atoms with Crippen molar-refractivity contribution in [1.29, 1.82) is 0 Å². The first kappa shape index (κ1) is 16.0. The Kier molecular flexibility index (Phi) is 4.95. The van der Waals surface area contributed by atoms with Gasteiger partial charge in [0.05, 0.1) is 7.11 Å². The Bertz CT molecular complexity index is 545. The predicted molar refractivity (Wildman–Crippen MR) is 87.6 cm³/mol. The van der Waals surface area contributed by atoms with Crippen LogP contribution in [0.5, 0.6) is 5.88 Å². The molecule has 2 aliphatic rings. The standard InChI is InChI=1S/C16H25N5O2/c1-12-11-13(3-5-17-12)15(22)20-7-9-21(10-8-20)16-18-6-4-14(19-16)23-2/h4,6,12-13,17H,3,5,7-11H2,1-2H3/t12-,13-/m0/s1. The van der Waals surface area contributed by atoms with Gasteiger partial charge in [0.1, 0.15) is 0 Å². The molecule has 0 bridgehead atoms. The fraction of sp³-hybridized carbons (Fsp3) is 0.688. The minimum Gasteiger partial charge on any atom is -0.481 e. The summed E-state index contributed by atoms with van der Waals surface area (Å²) in [6, 6.07) is 2.17. The SMILES string of the molecule is COc1ccnc(N2CCN(C(=O)[C@H]3CCN[C@@H](C)C3)CC2)n1. The van der Waals surface area contributed by atoms with Gasteiger partial charge in [-0.25, -0.2) is 4.98 Å². The van der Waals surface area contributed by atoms with Gasteiger partial charge in [-0.2, -0.15) is 4.98 Å². The van der Waals surface area contributed by atoms with E-state index < -0.39 is 0 Å². The first-order valence-corrected chi connectivity index (χ1v) is 8.31. The maximum atomic E-state index is 12.7. The number of piperidine rings is 1. The number of carbonyl (C=O) groups is 1. The number of carbonyl (C=O) groups excluding carboxylic acids is 1. The van der Waals surface area contributed by atoms with Crippen LogP contribution in [0.1, 0.15) is 19.8 Å². The average Bonchev–Trinajstić information content (AvgIpc) is 2.61. The molecule has 3 heterocycles. The van der Waals surface area contributed by atoms with Crippen LogP contribution in [0, 0.1) is 5.92 Å². The predicted octanol–water partition coefficient (Wildman–Crippen LogP) is 0.522. The van der Waals surface area contributed by atoms with Gasteiger partial charge in [-0.15, -0.1) is 0 Å². The summed E-state index contributed by atoms with van der Waals surface area (Å²) >= 11 is 0. The number of nitrogens with one attached hydrogen (secondary N) is 1. The quantitative estimate of drug-likeness (QED) is 0.876. The number of hydrogen-bond acceptors (Lipinski definition) is 6. The lowest BCUT2D eigenvalue weighted by molar-refractivity contribution is -0.137. The van der Waals surface area contributed by atoms with Gasteiger partial charge in [-0.1, -0.05) is 0 Å². The van der Waals surface area contributed by atoms with E-state index in [1.807, 2.05) is 4.90 Å². The van der Waals surface area contributed by atoms with Gasteiger partial charge < -0.3 is 19.9 Å². The zero-order chi connectivity index (χ0) is 16.2. The molecule has 126 valence electrons. The van der Waals surface area contributed by atoms with Crippen LogP contribution in [0.3, 0.4) is 0 Å². The monoisotopic (exact) mass is 319 g/mol. The van der Waals surface area contributed by atoms with E-state index >= 15 is 0 Å². The molecule has 0 radical (unpaired) electrons. The second-order valence-electron chi connectivity index (χ2n) is 6.29. The first-order chi connectivity index (χ1) is 11.2. The number of methoxy groups -OCH3 is 1. The summed E-state index contributed by atoms with van der Waals surface area (Å²) < 4.78 is 5.15. The normalized spacial score (nSPS) is 25.3. The summed E-state index contributed by atoms with van der Waals surface area (Å²) in [5, 5.41) is 3.40. The van der Waals surface area contributed by atoms with Crippen molar-refractivity contribution in [2.24, 2.45) is 5.92 Å². The smallest absolute Gasteiger partial charge is 0.228 e. The molecule has 2 saturated heterocycles. The van der Waals surface area contributed by atoms with E-state index in [0.717, 1.165) is 45.6 Å². The van der Waals surface area contributed by atoms with Crippen LogP contribution in [0.25, 0.3) is 0 Å². The highest BCUT2D eigenvalue weighted by atomic mass is 16.5. The van der Waals surface area contributed by atoms with E-state index in [9.17, 15) is 4.79 Å². The molecule has 0 aliphatic carbocycles. The molecular weight excluding hydrogens is 294 g/mol. The van der Waals surface area contributed by atoms with Crippen molar-refractivity contribution in [2.45, 2.75) is 25.8 Å². The lowest BCUT2D eigenvalue weighted by atomic mass is 9.92. The van der Waals surface area contributed by atoms with Crippen molar-refractivity contribution >= 4 is 11.9 Å². The second kappa shape index (κ2) is 7.12. The van der Waals surface area contributed by atoms with Crippen LogP contribution in [0.15, 0.2) is 12.3 Å². The van der Waals surface area contributed by atoms with Gasteiger partial charge in [-0.3, -0.25) is 4.79 Å². The van der Waals surface area contributed by atoms with Crippen LogP contribution >= 0.6 is 0 Å². The molecule has 23 heavy (non-hydrogen) atoms. The Hall–Kier alpha value is -1.89. The number of hydrogen-bond donors (Lipinski definition) is 1. The minimum absolute atomic E-state index is 0.172. The maximum absolute atomic E-state index is 12.7. The van der Waals surface area contributed by atoms with E-state index in [0.29, 0.717) is 23.8 Å². The third kappa shape index (κ3) is 3.72. The Labute approximate surface area is 137 Å². The van der Waals surface area contributed by atoms with E-state index in [-0.39, 0.29) is 5.92 Å². The van der Waals surface area contributed by atoms with Crippen molar-refractivity contribution in [1.82, 2.24) is 20.2 Å². The highest BCUT2D eigenvalue weighted by Gasteiger charge is 2.30. The van der Waals surface area contributed by atoms with Gasteiger partial charge in [0, 0.05) is 50.4 Å². The highest BCUT2D eigenvalue weighted by molar-refractivity contribution is 5.79. The van der Waals surface area contributed by atoms with Gasteiger partial charge in [0.2, 0.25) is 17.7 Å². The number of ether oxygens (including phenoxy) is 1. The van der Waals surface area contributed by atoms with Crippen LogP contribution in [0.4, 0.5) is 5.95 Å². The van der Waals surface area contributed by atoms with Crippen molar-refractivity contribution in [3.8, 4) is 5.88 Å². The van der Waals surface area contributed by atoms with Crippen LogP contribution < -0.4 is 15.0 Å². The van der Waals surface area contributed by atoms with Gasteiger partial charge in [0.15, 0.2) is 0 Å². The maximum Gasteiger partial charge on any atom is 0.228 e. The van der Waals surface area contributed by atoms with E-state index in [1.165, 1.54) is 0 Å². The third-order valence-electron chi connectivity index (χ3n) is 4.67. The summed E-state index contributed by atoms with van der Waals surface area (Å²) in [5.74, 6) is 1.72. The van der Waals surface area contributed by atoms with Crippen molar-refractivity contribution in [2.75, 3.05) is 44.7 Å². The van der Waals surface area contributed by atoms with Crippen molar-refractivity contribution in [3.63, 3.8) is 0 Å². The Balaban J connectivity index is 1.56. The fourth-order valence-corrected chi connectivity index (χ4v) is 3.34. The Morgan fingerprint density at radius 2 is 2.13 bits per heavy atom. The molecule has 2 fully saturated rings. The zero-order valence-electron chi connectivity index (χ0n) is 13.9. The molecular formula is C16H25N5O2. The lowest BCUT2D eigenvalue weighted by Gasteiger charge is -2.38. The molecule has 0 spiro atoms. The van der Waals surface area contributed by atoms with E-state index in [2.05, 4.69) is 27.1 Å². The minimum atomic E-state index is 0.172. The third-order valence-corrected chi connectivity index (χ3v) is 4.67. The van der Waals surface area contributed by atoms with E-state index in [4.69, 9.17) is 4.74 Å². The fourth-order valence-electron chi connectivity index (χ4n) is 3.34. The summed E-state index contributed by atoms with van der Waals surface area (Å²) in [6.07, 6.45) is 3.59. The van der Waals surface area contributed by atoms with Gasteiger partial charge >= 0.3 is 0 Å². The molecule has 0 unspecified atom stereocenters. The zero-order valence-corrected chi connectivity index (χ0v) is 13.9. The topological polar surface area (TPSA) is 70.6 Å². The Morgan fingerprint density at radius 1 is 1.35 bits per heavy atom. The molecule has 1 amide bonds. The molecule has 1 aromatic heterocycles. The first-order valence-electron chi connectivity index (χ1n) is 8.31. The van der Waals surface area contributed by atoms with Gasteiger partial charge in [0.25, 0.3) is 0 Å². The Morgan fingerprint density at radius 3 is 2.83 bits per heavy atom. The summed E-state index contributed by atoms with van der Waals surface area (Å²) in [5.41, 5.74) is 0. The van der Waals surface area contributed by atoms with Crippen LogP contribution in [-0.4, -0.2) is 66.7 Å². The lowest BCUT2D eigenvalue weighted by Crippen LogP contribution is -2.52. The van der Waals surface area contributed by atoms with Gasteiger partial charge in [-0.05, 0) is 26.3 Å². The second-order valence-corrected chi connectivity index (χ2v) is 6.29. The highest BCUT2D eigenvalue weighted by Crippen LogP contribution is 2.21. The van der Waals surface area contributed by atoms with E-state index in [1.54, 1.807) is 19.4 Å². The molecule has 1 aromatic rings. The number of piperazine rings is 1. The molecule has 0 saturated carbocycles. The molecule has 7 heteroatoms. The molecule has 1 N–H and O–H groups in total. The summed E-state index contributed by atoms with van der Waals surface area (Å²) in [4.78, 5) is 25.4. The van der Waals surface area contributed by atoms with Crippen LogP contribution in [0.2, 0.25) is 0 Å². The number of anilines is 1. The van der Waals surface area contributed by atoms with Crippen molar-refractivity contribution < 1.29 is 9.53 Å².